The van der Waals surface area contributed by atoms with E-state index in [0.29, 0.717) is 31.0 Å². The number of hydrogen-bond acceptors (Lipinski definition) is 7. The maximum absolute atomic E-state index is 12.9. The summed E-state index contributed by atoms with van der Waals surface area (Å²) in [7, 11) is 3.26. The van der Waals surface area contributed by atoms with Crippen LogP contribution in [-0.4, -0.2) is 55.4 Å². The van der Waals surface area contributed by atoms with E-state index in [2.05, 4.69) is 10.3 Å². The van der Waals surface area contributed by atoms with E-state index in [9.17, 15) is 9.59 Å². The van der Waals surface area contributed by atoms with Gasteiger partial charge in [-0.1, -0.05) is 12.1 Å². The predicted octanol–water partition coefficient (Wildman–Crippen LogP) is 3.92. The van der Waals surface area contributed by atoms with Gasteiger partial charge in [0.25, 0.3) is 5.91 Å². The zero-order valence-electron chi connectivity index (χ0n) is 19.3. The van der Waals surface area contributed by atoms with Crippen LogP contribution in [0, 0.1) is 6.92 Å². The molecule has 3 aromatic rings. The van der Waals surface area contributed by atoms with Crippen molar-refractivity contribution in [3.05, 3.63) is 57.5 Å². The first-order chi connectivity index (χ1) is 16.0. The average Bonchev–Trinajstić information content (AvgIpc) is 3.43. The number of esters is 1. The molecule has 176 valence electrons. The first-order valence-electron chi connectivity index (χ1n) is 10.7. The van der Waals surface area contributed by atoms with Crippen molar-refractivity contribution in [2.45, 2.75) is 26.8 Å². The van der Waals surface area contributed by atoms with Crippen LogP contribution in [-0.2, 0) is 16.0 Å². The molecular formula is C24H29N3O5S. The van der Waals surface area contributed by atoms with E-state index < -0.39 is 5.97 Å². The number of thiazole rings is 1. The molecule has 0 aliphatic rings. The fourth-order valence-electron chi connectivity index (χ4n) is 3.40. The van der Waals surface area contributed by atoms with Gasteiger partial charge in [0.1, 0.15) is 5.75 Å². The summed E-state index contributed by atoms with van der Waals surface area (Å²) in [5.74, 6) is 0.173. The lowest BCUT2D eigenvalue weighted by atomic mass is 10.2. The molecule has 0 bridgehead atoms. The normalized spacial score (nSPS) is 10.8. The van der Waals surface area contributed by atoms with Gasteiger partial charge in [-0.15, -0.1) is 11.3 Å². The molecule has 0 spiro atoms. The molecule has 0 aliphatic heterocycles. The van der Waals surface area contributed by atoms with Crippen molar-refractivity contribution in [1.29, 1.82) is 0 Å². The molecule has 3 rings (SSSR count). The molecule has 1 N–H and O–H groups in total. The first-order valence-corrected chi connectivity index (χ1v) is 11.6. The van der Waals surface area contributed by atoms with E-state index in [1.807, 2.05) is 47.2 Å². The highest BCUT2D eigenvalue weighted by atomic mass is 32.1. The molecule has 33 heavy (non-hydrogen) atoms. The Morgan fingerprint density at radius 2 is 1.94 bits per heavy atom. The van der Waals surface area contributed by atoms with Gasteiger partial charge in [-0.25, -0.2) is 9.78 Å². The van der Waals surface area contributed by atoms with E-state index in [-0.39, 0.29) is 17.5 Å². The molecule has 1 aromatic carbocycles. The highest BCUT2D eigenvalue weighted by molar-refractivity contribution is 7.11. The Hall–Kier alpha value is -3.17. The summed E-state index contributed by atoms with van der Waals surface area (Å²) in [6, 6.07) is 9.60. The minimum atomic E-state index is -0.449. The Morgan fingerprint density at radius 3 is 2.61 bits per heavy atom. The van der Waals surface area contributed by atoms with E-state index in [1.165, 1.54) is 11.3 Å². The van der Waals surface area contributed by atoms with E-state index in [0.717, 1.165) is 29.1 Å². The highest BCUT2D eigenvalue weighted by Crippen LogP contribution is 2.29. The first kappa shape index (κ1) is 24.5. The molecule has 1 amide bonds. The van der Waals surface area contributed by atoms with Crippen LogP contribution in [0.3, 0.4) is 0 Å². The van der Waals surface area contributed by atoms with Crippen LogP contribution in [0.4, 0.5) is 0 Å². The number of aromatic nitrogens is 2. The number of methoxy groups -OCH3 is 2. The standard InChI is InChI=1S/C24H29N3O5S/c1-5-32-24(29)23-26-20(15-33-23)21-13-19(22(28)25-11-6-12-30-3)16(2)27(21)14-17-7-9-18(31-4)10-8-17/h7-10,13,15H,5-6,11-12,14H2,1-4H3,(H,25,28). The highest BCUT2D eigenvalue weighted by Gasteiger charge is 2.21. The monoisotopic (exact) mass is 471 g/mol. The van der Waals surface area contributed by atoms with Gasteiger partial charge in [0.2, 0.25) is 5.01 Å². The second-order valence-corrected chi connectivity index (χ2v) is 8.18. The maximum Gasteiger partial charge on any atom is 0.367 e. The van der Waals surface area contributed by atoms with Crippen molar-refractivity contribution in [3.8, 4) is 17.1 Å². The largest absolute Gasteiger partial charge is 0.497 e. The number of nitrogens with one attached hydrogen (secondary N) is 1. The molecule has 8 nitrogen and oxygen atoms in total. The summed E-state index contributed by atoms with van der Waals surface area (Å²) in [6.07, 6.45) is 0.732. The topological polar surface area (TPSA) is 91.7 Å². The van der Waals surface area contributed by atoms with Crippen molar-refractivity contribution < 1.29 is 23.8 Å². The Kier molecular flexibility index (Phi) is 8.62. The van der Waals surface area contributed by atoms with Gasteiger partial charge in [-0.3, -0.25) is 4.79 Å². The van der Waals surface area contributed by atoms with Crippen LogP contribution in [0.5, 0.6) is 5.75 Å². The van der Waals surface area contributed by atoms with Gasteiger partial charge in [-0.05, 0) is 44.0 Å². The molecule has 0 radical (unpaired) electrons. The summed E-state index contributed by atoms with van der Waals surface area (Å²) in [5, 5.41) is 5.04. The Morgan fingerprint density at radius 1 is 1.18 bits per heavy atom. The van der Waals surface area contributed by atoms with Crippen molar-refractivity contribution in [1.82, 2.24) is 14.9 Å². The SMILES string of the molecule is CCOC(=O)c1nc(-c2cc(C(=O)NCCCOC)c(C)n2Cc2ccc(OC)cc2)cs1. The molecule has 0 saturated heterocycles. The molecule has 0 aliphatic carbocycles. The number of amides is 1. The molecule has 9 heteroatoms. The Bertz CT molecular complexity index is 1090. The number of benzene rings is 1. The smallest absolute Gasteiger partial charge is 0.367 e. The fourth-order valence-corrected chi connectivity index (χ4v) is 4.10. The second kappa shape index (κ2) is 11.6. The minimum Gasteiger partial charge on any atom is -0.497 e. The van der Waals surface area contributed by atoms with Gasteiger partial charge in [0, 0.05) is 37.9 Å². The lowest BCUT2D eigenvalue weighted by Gasteiger charge is -2.12. The van der Waals surface area contributed by atoms with Crippen molar-refractivity contribution in [2.75, 3.05) is 34.0 Å². The van der Waals surface area contributed by atoms with Gasteiger partial charge in [0.15, 0.2) is 0 Å². The number of ether oxygens (including phenoxy) is 3. The number of carbonyl (C=O) groups excluding carboxylic acids is 2. The zero-order valence-corrected chi connectivity index (χ0v) is 20.2. The molecule has 0 unspecified atom stereocenters. The summed E-state index contributed by atoms with van der Waals surface area (Å²) in [6.45, 7) is 5.60. The summed E-state index contributed by atoms with van der Waals surface area (Å²) in [4.78, 5) is 29.5. The molecule has 2 aromatic heterocycles. The lowest BCUT2D eigenvalue weighted by molar-refractivity contribution is 0.0526. The number of rotatable bonds is 11. The maximum atomic E-state index is 12.9. The van der Waals surface area contributed by atoms with Gasteiger partial charge < -0.3 is 24.1 Å². The summed E-state index contributed by atoms with van der Waals surface area (Å²) in [5.41, 5.74) is 3.82. The van der Waals surface area contributed by atoms with E-state index in [4.69, 9.17) is 14.2 Å². The molecule has 2 heterocycles. The average molecular weight is 472 g/mol. The van der Waals surface area contributed by atoms with E-state index >= 15 is 0 Å². The van der Waals surface area contributed by atoms with Crippen LogP contribution >= 0.6 is 11.3 Å². The van der Waals surface area contributed by atoms with Gasteiger partial charge >= 0.3 is 5.97 Å². The van der Waals surface area contributed by atoms with Crippen molar-refractivity contribution in [2.24, 2.45) is 0 Å². The zero-order chi connectivity index (χ0) is 23.8. The quantitative estimate of drug-likeness (QED) is 0.337. The Labute approximate surface area is 197 Å². The summed E-state index contributed by atoms with van der Waals surface area (Å²) < 4.78 is 17.4. The third-order valence-electron chi connectivity index (χ3n) is 5.14. The van der Waals surface area contributed by atoms with Crippen molar-refractivity contribution in [3.63, 3.8) is 0 Å². The molecule has 0 saturated carbocycles. The second-order valence-electron chi connectivity index (χ2n) is 7.32. The Balaban J connectivity index is 1.95. The molecule has 0 atom stereocenters. The van der Waals surface area contributed by atoms with Gasteiger partial charge in [-0.2, -0.15) is 0 Å². The molecular weight excluding hydrogens is 442 g/mol. The van der Waals surface area contributed by atoms with Crippen LogP contribution in [0.25, 0.3) is 11.4 Å². The van der Waals surface area contributed by atoms with Crippen LogP contribution in [0.1, 0.15) is 44.8 Å². The van der Waals surface area contributed by atoms with Crippen LogP contribution in [0.15, 0.2) is 35.7 Å². The summed E-state index contributed by atoms with van der Waals surface area (Å²) >= 11 is 1.23. The number of hydrogen-bond donors (Lipinski definition) is 1. The molecule has 0 fully saturated rings. The third-order valence-corrected chi connectivity index (χ3v) is 5.96. The fraction of sp³-hybridized carbons (Fsp3) is 0.375. The van der Waals surface area contributed by atoms with Crippen LogP contribution < -0.4 is 10.1 Å². The predicted molar refractivity (Wildman–Crippen MR) is 127 cm³/mol. The number of carbonyl (C=O) groups is 2. The van der Waals surface area contributed by atoms with Crippen molar-refractivity contribution >= 4 is 23.2 Å². The lowest BCUT2D eigenvalue weighted by Crippen LogP contribution is -2.25. The minimum absolute atomic E-state index is 0.154. The van der Waals surface area contributed by atoms with Crippen LogP contribution in [0.2, 0.25) is 0 Å². The van der Waals surface area contributed by atoms with E-state index in [1.54, 1.807) is 21.1 Å². The third kappa shape index (κ3) is 6.00. The number of nitrogens with zero attached hydrogens (tertiary/aromatic N) is 2. The van der Waals surface area contributed by atoms with Gasteiger partial charge in [0.05, 0.1) is 30.7 Å².